The molecule has 0 unspecified atom stereocenters. The van der Waals surface area contributed by atoms with Gasteiger partial charge in [0.05, 0.1) is 11.9 Å². The Hall–Kier alpha value is -1.39. The second kappa shape index (κ2) is 3.32. The molecular formula is C10H6ClN3S. The van der Waals surface area contributed by atoms with Crippen molar-refractivity contribution < 1.29 is 0 Å². The van der Waals surface area contributed by atoms with Crippen LogP contribution in [0.15, 0.2) is 35.2 Å². The van der Waals surface area contributed by atoms with Crippen LogP contribution >= 0.6 is 22.9 Å². The maximum atomic E-state index is 6.08. The van der Waals surface area contributed by atoms with Crippen LogP contribution in [0.2, 0.25) is 5.15 Å². The highest BCUT2D eigenvalue weighted by Gasteiger charge is 2.06. The van der Waals surface area contributed by atoms with E-state index >= 15 is 0 Å². The summed E-state index contributed by atoms with van der Waals surface area (Å²) in [5.74, 6) is 0. The Bertz CT molecular complexity index is 600. The lowest BCUT2D eigenvalue weighted by Gasteiger charge is -2.00. The van der Waals surface area contributed by atoms with E-state index in [9.17, 15) is 0 Å². The number of aromatic nitrogens is 3. The van der Waals surface area contributed by atoms with Gasteiger partial charge in [-0.05, 0) is 11.4 Å². The minimum Gasteiger partial charge on any atom is -0.228 e. The molecule has 0 fully saturated rings. The zero-order valence-corrected chi connectivity index (χ0v) is 9.16. The van der Waals surface area contributed by atoms with Crippen LogP contribution in [0.5, 0.6) is 0 Å². The monoisotopic (exact) mass is 235 g/mol. The predicted octanol–water partition coefficient (Wildman–Crippen LogP) is 3.11. The largest absolute Gasteiger partial charge is 0.228 e. The average molecular weight is 236 g/mol. The lowest BCUT2D eigenvalue weighted by Crippen LogP contribution is -1.93. The molecule has 0 aliphatic heterocycles. The highest BCUT2D eigenvalue weighted by molar-refractivity contribution is 7.08. The third-order valence-corrected chi connectivity index (χ3v) is 3.09. The van der Waals surface area contributed by atoms with Crippen molar-refractivity contribution in [1.82, 2.24) is 14.6 Å². The SMILES string of the molecule is Clc1cc(-c2ccsc2)nc2ccnn12. The third-order valence-electron chi connectivity index (χ3n) is 2.13. The summed E-state index contributed by atoms with van der Waals surface area (Å²) in [7, 11) is 0. The summed E-state index contributed by atoms with van der Waals surface area (Å²) in [6.07, 6.45) is 1.69. The van der Waals surface area contributed by atoms with E-state index in [-0.39, 0.29) is 0 Å². The average Bonchev–Trinajstić information content (AvgIpc) is 2.88. The van der Waals surface area contributed by atoms with Crippen LogP contribution in [0.3, 0.4) is 0 Å². The summed E-state index contributed by atoms with van der Waals surface area (Å²) in [6.45, 7) is 0. The molecule has 0 spiro atoms. The summed E-state index contributed by atoms with van der Waals surface area (Å²) in [4.78, 5) is 4.46. The summed E-state index contributed by atoms with van der Waals surface area (Å²) < 4.78 is 1.61. The Morgan fingerprint density at radius 1 is 1.33 bits per heavy atom. The maximum Gasteiger partial charge on any atom is 0.157 e. The van der Waals surface area contributed by atoms with Gasteiger partial charge in [0.1, 0.15) is 5.15 Å². The topological polar surface area (TPSA) is 30.2 Å². The molecule has 0 aliphatic rings. The second-order valence-electron chi connectivity index (χ2n) is 3.08. The molecule has 0 radical (unpaired) electrons. The van der Waals surface area contributed by atoms with Gasteiger partial charge in [-0.2, -0.15) is 16.4 Å². The number of rotatable bonds is 1. The van der Waals surface area contributed by atoms with Gasteiger partial charge in [0.2, 0.25) is 0 Å². The zero-order chi connectivity index (χ0) is 10.3. The highest BCUT2D eigenvalue weighted by Crippen LogP contribution is 2.23. The van der Waals surface area contributed by atoms with Crippen LogP contribution in [-0.2, 0) is 0 Å². The quantitative estimate of drug-likeness (QED) is 0.607. The number of hydrogen-bond acceptors (Lipinski definition) is 3. The number of halogens is 1. The highest BCUT2D eigenvalue weighted by atomic mass is 35.5. The molecule has 3 nitrogen and oxygen atoms in total. The van der Waals surface area contributed by atoms with Crippen molar-refractivity contribution in [3.05, 3.63) is 40.3 Å². The van der Waals surface area contributed by atoms with Crippen molar-refractivity contribution in [2.24, 2.45) is 0 Å². The van der Waals surface area contributed by atoms with Gasteiger partial charge in [-0.15, -0.1) is 0 Å². The Balaban J connectivity index is 2.29. The van der Waals surface area contributed by atoms with Gasteiger partial charge in [0, 0.05) is 23.1 Å². The fraction of sp³-hybridized carbons (Fsp3) is 0. The summed E-state index contributed by atoms with van der Waals surface area (Å²) >= 11 is 7.73. The lowest BCUT2D eigenvalue weighted by atomic mass is 10.2. The fourth-order valence-corrected chi connectivity index (χ4v) is 2.32. The molecule has 3 heterocycles. The van der Waals surface area contributed by atoms with Crippen molar-refractivity contribution in [1.29, 1.82) is 0 Å². The molecule has 15 heavy (non-hydrogen) atoms. The van der Waals surface area contributed by atoms with E-state index in [1.807, 2.05) is 29.0 Å². The fourth-order valence-electron chi connectivity index (χ4n) is 1.43. The van der Waals surface area contributed by atoms with Gasteiger partial charge < -0.3 is 0 Å². The number of hydrogen-bond donors (Lipinski definition) is 0. The van der Waals surface area contributed by atoms with Gasteiger partial charge in [-0.25, -0.2) is 9.50 Å². The maximum absolute atomic E-state index is 6.08. The first-order chi connectivity index (χ1) is 7.34. The molecule has 0 saturated carbocycles. The minimum absolute atomic E-state index is 0.575. The molecule has 0 saturated heterocycles. The van der Waals surface area contributed by atoms with Gasteiger partial charge in [0.25, 0.3) is 0 Å². The molecule has 3 aromatic heterocycles. The number of nitrogens with zero attached hydrogens (tertiary/aromatic N) is 3. The Labute approximate surface area is 95.0 Å². The van der Waals surface area contributed by atoms with Gasteiger partial charge in [-0.1, -0.05) is 11.6 Å². The van der Waals surface area contributed by atoms with Crippen LogP contribution < -0.4 is 0 Å². The van der Waals surface area contributed by atoms with Crippen LogP contribution in [0, 0.1) is 0 Å². The first kappa shape index (κ1) is 8.88. The molecule has 0 bridgehead atoms. The lowest BCUT2D eigenvalue weighted by molar-refractivity contribution is 0.942. The van der Waals surface area contributed by atoms with Crippen LogP contribution in [-0.4, -0.2) is 14.6 Å². The Kier molecular flexibility index (Phi) is 1.97. The summed E-state index contributed by atoms with van der Waals surface area (Å²) in [5.41, 5.74) is 2.74. The molecule has 0 atom stereocenters. The molecule has 0 N–H and O–H groups in total. The first-order valence-electron chi connectivity index (χ1n) is 4.37. The smallest absolute Gasteiger partial charge is 0.157 e. The molecule has 0 amide bonds. The van der Waals surface area contributed by atoms with Crippen molar-refractivity contribution >= 4 is 28.6 Å². The van der Waals surface area contributed by atoms with Crippen molar-refractivity contribution in [3.63, 3.8) is 0 Å². The van der Waals surface area contributed by atoms with E-state index in [4.69, 9.17) is 11.6 Å². The Morgan fingerprint density at radius 2 is 2.27 bits per heavy atom. The van der Waals surface area contributed by atoms with E-state index < -0.39 is 0 Å². The van der Waals surface area contributed by atoms with Gasteiger partial charge in [0.15, 0.2) is 5.65 Å². The first-order valence-corrected chi connectivity index (χ1v) is 5.69. The van der Waals surface area contributed by atoms with E-state index in [0.29, 0.717) is 5.15 Å². The summed E-state index contributed by atoms with van der Waals surface area (Å²) in [5, 5.41) is 8.71. The van der Waals surface area contributed by atoms with Crippen LogP contribution in [0.4, 0.5) is 0 Å². The molecule has 3 rings (SSSR count). The predicted molar refractivity (Wildman–Crippen MR) is 61.3 cm³/mol. The van der Waals surface area contributed by atoms with Crippen molar-refractivity contribution in [2.75, 3.05) is 0 Å². The van der Waals surface area contributed by atoms with Gasteiger partial charge >= 0.3 is 0 Å². The minimum atomic E-state index is 0.575. The molecular weight excluding hydrogens is 230 g/mol. The van der Waals surface area contributed by atoms with E-state index in [2.05, 4.69) is 10.1 Å². The molecule has 3 aromatic rings. The second-order valence-corrected chi connectivity index (χ2v) is 4.24. The third kappa shape index (κ3) is 1.42. The number of thiophene rings is 1. The Morgan fingerprint density at radius 3 is 3.07 bits per heavy atom. The van der Waals surface area contributed by atoms with Crippen LogP contribution in [0.1, 0.15) is 0 Å². The number of fused-ring (bicyclic) bond motifs is 1. The van der Waals surface area contributed by atoms with E-state index in [1.54, 1.807) is 22.0 Å². The van der Waals surface area contributed by atoms with E-state index in [1.165, 1.54) is 0 Å². The molecule has 0 aromatic carbocycles. The standard InChI is InChI=1S/C10H6ClN3S/c11-9-5-8(7-2-4-15-6-7)13-10-1-3-12-14(9)10/h1-6H. The molecule has 5 heteroatoms. The van der Waals surface area contributed by atoms with Crippen LogP contribution in [0.25, 0.3) is 16.9 Å². The van der Waals surface area contributed by atoms with Crippen molar-refractivity contribution in [2.45, 2.75) is 0 Å². The van der Waals surface area contributed by atoms with Crippen molar-refractivity contribution in [3.8, 4) is 11.3 Å². The summed E-state index contributed by atoms with van der Waals surface area (Å²) in [6, 6.07) is 5.68. The van der Waals surface area contributed by atoms with Gasteiger partial charge in [-0.3, -0.25) is 0 Å². The normalized spacial score (nSPS) is 11.0. The zero-order valence-electron chi connectivity index (χ0n) is 7.59. The van der Waals surface area contributed by atoms with E-state index in [0.717, 1.165) is 16.9 Å². The molecule has 0 aliphatic carbocycles. The molecule has 74 valence electrons.